The number of nitrogens with zero attached hydrogens (tertiary/aromatic N) is 1. The van der Waals surface area contributed by atoms with E-state index in [0.29, 0.717) is 12.4 Å². The molecule has 0 aliphatic carbocycles. The Balaban J connectivity index is 1.74. The molecule has 0 saturated heterocycles. The fourth-order valence-electron chi connectivity index (χ4n) is 2.28. The van der Waals surface area contributed by atoms with E-state index in [1.165, 1.54) is 12.1 Å². The SMILES string of the molecule is NC(=O)Cc1cnc2cc(OCc3ccc(F)cc3)ccc2c1. The summed E-state index contributed by atoms with van der Waals surface area (Å²) in [4.78, 5) is 15.3. The molecule has 0 saturated carbocycles. The van der Waals surface area contributed by atoms with Crippen LogP contribution in [0.15, 0.2) is 54.7 Å². The second-order valence-corrected chi connectivity index (χ2v) is 5.26. The van der Waals surface area contributed by atoms with Gasteiger partial charge in [-0.15, -0.1) is 0 Å². The normalized spacial score (nSPS) is 10.7. The van der Waals surface area contributed by atoms with Gasteiger partial charge in [0.25, 0.3) is 0 Å². The molecule has 0 spiro atoms. The number of amides is 1. The fourth-order valence-corrected chi connectivity index (χ4v) is 2.28. The van der Waals surface area contributed by atoms with Crippen molar-refractivity contribution in [1.29, 1.82) is 0 Å². The minimum absolute atomic E-state index is 0.172. The van der Waals surface area contributed by atoms with E-state index in [0.717, 1.165) is 22.0 Å². The maximum absolute atomic E-state index is 12.9. The number of rotatable bonds is 5. The molecule has 0 atom stereocenters. The third-order valence-corrected chi connectivity index (χ3v) is 3.41. The van der Waals surface area contributed by atoms with Gasteiger partial charge >= 0.3 is 0 Å². The van der Waals surface area contributed by atoms with Crippen LogP contribution in [0.5, 0.6) is 5.75 Å². The van der Waals surface area contributed by atoms with Gasteiger partial charge in [-0.25, -0.2) is 4.39 Å². The van der Waals surface area contributed by atoms with Crippen molar-refractivity contribution >= 4 is 16.8 Å². The number of nitrogens with two attached hydrogens (primary N) is 1. The Morgan fingerprint density at radius 3 is 2.61 bits per heavy atom. The van der Waals surface area contributed by atoms with Gasteiger partial charge < -0.3 is 10.5 Å². The summed E-state index contributed by atoms with van der Waals surface area (Å²) < 4.78 is 18.6. The molecule has 0 radical (unpaired) electrons. The van der Waals surface area contributed by atoms with Gasteiger partial charge in [-0.2, -0.15) is 0 Å². The second kappa shape index (κ2) is 6.44. The molecule has 1 amide bonds. The molecular weight excluding hydrogens is 295 g/mol. The molecule has 2 aromatic carbocycles. The zero-order chi connectivity index (χ0) is 16.2. The number of primary amides is 1. The van der Waals surface area contributed by atoms with Crippen molar-refractivity contribution in [3.63, 3.8) is 0 Å². The first-order valence-corrected chi connectivity index (χ1v) is 7.14. The van der Waals surface area contributed by atoms with Crippen molar-refractivity contribution in [3.8, 4) is 5.75 Å². The summed E-state index contributed by atoms with van der Waals surface area (Å²) in [5.74, 6) is 0.0257. The summed E-state index contributed by atoms with van der Waals surface area (Å²) >= 11 is 0. The van der Waals surface area contributed by atoms with Crippen LogP contribution in [0, 0.1) is 5.82 Å². The highest BCUT2D eigenvalue weighted by molar-refractivity contribution is 5.82. The zero-order valence-corrected chi connectivity index (χ0v) is 12.3. The molecule has 5 heteroatoms. The van der Waals surface area contributed by atoms with Crippen LogP contribution in [-0.2, 0) is 17.8 Å². The van der Waals surface area contributed by atoms with Gasteiger partial charge in [-0.3, -0.25) is 9.78 Å². The number of fused-ring (bicyclic) bond motifs is 1. The van der Waals surface area contributed by atoms with Crippen molar-refractivity contribution in [2.45, 2.75) is 13.0 Å². The third kappa shape index (κ3) is 3.83. The maximum atomic E-state index is 12.9. The molecule has 116 valence electrons. The summed E-state index contributed by atoms with van der Waals surface area (Å²) in [6.45, 7) is 0.353. The lowest BCUT2D eigenvalue weighted by molar-refractivity contribution is -0.117. The molecule has 2 N–H and O–H groups in total. The molecule has 0 aliphatic heterocycles. The molecule has 23 heavy (non-hydrogen) atoms. The first-order chi connectivity index (χ1) is 11.1. The fraction of sp³-hybridized carbons (Fsp3) is 0.111. The van der Waals surface area contributed by atoms with Gasteiger partial charge in [0.2, 0.25) is 5.91 Å². The van der Waals surface area contributed by atoms with E-state index < -0.39 is 0 Å². The largest absolute Gasteiger partial charge is 0.489 e. The summed E-state index contributed by atoms with van der Waals surface area (Å²) in [7, 11) is 0. The van der Waals surface area contributed by atoms with E-state index in [9.17, 15) is 9.18 Å². The van der Waals surface area contributed by atoms with Crippen molar-refractivity contribution in [2.24, 2.45) is 5.73 Å². The Morgan fingerprint density at radius 1 is 1.09 bits per heavy atom. The van der Waals surface area contributed by atoms with Gasteiger partial charge in [-0.1, -0.05) is 12.1 Å². The lowest BCUT2D eigenvalue weighted by Gasteiger charge is -2.08. The molecule has 0 bridgehead atoms. The Morgan fingerprint density at radius 2 is 1.87 bits per heavy atom. The molecule has 3 rings (SSSR count). The number of carbonyl (C=O) groups is 1. The minimum Gasteiger partial charge on any atom is -0.489 e. The number of hydrogen-bond acceptors (Lipinski definition) is 3. The third-order valence-electron chi connectivity index (χ3n) is 3.41. The minimum atomic E-state index is -0.384. The molecule has 0 unspecified atom stereocenters. The quantitative estimate of drug-likeness (QED) is 0.788. The van der Waals surface area contributed by atoms with Crippen LogP contribution in [0.25, 0.3) is 10.9 Å². The van der Waals surface area contributed by atoms with E-state index in [1.807, 2.05) is 24.3 Å². The lowest BCUT2D eigenvalue weighted by Crippen LogP contribution is -2.13. The van der Waals surface area contributed by atoms with Gasteiger partial charge in [0, 0.05) is 17.6 Å². The molecule has 4 nitrogen and oxygen atoms in total. The monoisotopic (exact) mass is 310 g/mol. The maximum Gasteiger partial charge on any atom is 0.221 e. The Labute approximate surface area is 132 Å². The first kappa shape index (κ1) is 15.0. The van der Waals surface area contributed by atoms with Gasteiger partial charge in [0.15, 0.2) is 0 Å². The van der Waals surface area contributed by atoms with Crippen LogP contribution in [0.3, 0.4) is 0 Å². The lowest BCUT2D eigenvalue weighted by atomic mass is 10.1. The first-order valence-electron chi connectivity index (χ1n) is 7.14. The molecule has 0 aliphatic rings. The summed E-state index contributed by atoms with van der Waals surface area (Å²) in [5.41, 5.74) is 7.63. The average molecular weight is 310 g/mol. The van der Waals surface area contributed by atoms with Crippen LogP contribution in [0.4, 0.5) is 4.39 Å². The van der Waals surface area contributed by atoms with Crippen molar-refractivity contribution in [2.75, 3.05) is 0 Å². The summed E-state index contributed by atoms with van der Waals surface area (Å²) in [6, 6.07) is 13.6. The van der Waals surface area contributed by atoms with E-state index in [4.69, 9.17) is 10.5 Å². The second-order valence-electron chi connectivity index (χ2n) is 5.26. The van der Waals surface area contributed by atoms with E-state index >= 15 is 0 Å². The Hall–Kier alpha value is -2.95. The zero-order valence-electron chi connectivity index (χ0n) is 12.3. The van der Waals surface area contributed by atoms with Crippen LogP contribution in [0.2, 0.25) is 0 Å². The summed E-state index contributed by atoms with van der Waals surface area (Å²) in [6.07, 6.45) is 1.81. The predicted molar refractivity (Wildman–Crippen MR) is 85.4 cm³/mol. The average Bonchev–Trinajstić information content (AvgIpc) is 2.54. The number of carbonyl (C=O) groups excluding carboxylic acids is 1. The van der Waals surface area contributed by atoms with Crippen molar-refractivity contribution in [3.05, 3.63) is 71.7 Å². The highest BCUT2D eigenvalue weighted by atomic mass is 19.1. The molecule has 0 fully saturated rings. The topological polar surface area (TPSA) is 65.2 Å². The van der Waals surface area contributed by atoms with Crippen LogP contribution >= 0.6 is 0 Å². The smallest absolute Gasteiger partial charge is 0.221 e. The molecule has 1 heterocycles. The van der Waals surface area contributed by atoms with Gasteiger partial charge in [0.05, 0.1) is 11.9 Å². The van der Waals surface area contributed by atoms with Crippen LogP contribution in [-0.4, -0.2) is 10.9 Å². The van der Waals surface area contributed by atoms with Crippen molar-refractivity contribution < 1.29 is 13.9 Å². The summed E-state index contributed by atoms with van der Waals surface area (Å²) in [5, 5.41) is 0.915. The molecule has 3 aromatic rings. The molecular formula is C18H15FN2O2. The van der Waals surface area contributed by atoms with E-state index in [1.54, 1.807) is 18.3 Å². The highest BCUT2D eigenvalue weighted by Crippen LogP contribution is 2.21. The Bertz CT molecular complexity index is 847. The van der Waals surface area contributed by atoms with Gasteiger partial charge in [-0.05, 0) is 41.5 Å². The number of benzene rings is 2. The number of aromatic nitrogens is 1. The number of pyridine rings is 1. The standard InChI is InChI=1S/C18H15FN2O2/c19-15-4-1-12(2-5-15)11-23-16-6-3-14-7-13(8-18(20)22)10-21-17(14)9-16/h1-7,9-10H,8,11H2,(H2,20,22). The molecule has 1 aromatic heterocycles. The van der Waals surface area contributed by atoms with Gasteiger partial charge in [0.1, 0.15) is 18.2 Å². The number of ether oxygens (including phenoxy) is 1. The van der Waals surface area contributed by atoms with Crippen LogP contribution in [0.1, 0.15) is 11.1 Å². The van der Waals surface area contributed by atoms with E-state index in [-0.39, 0.29) is 18.1 Å². The van der Waals surface area contributed by atoms with Crippen LogP contribution < -0.4 is 10.5 Å². The van der Waals surface area contributed by atoms with Crippen molar-refractivity contribution in [1.82, 2.24) is 4.98 Å². The predicted octanol–water partition coefficient (Wildman–Crippen LogP) is 2.98. The Kier molecular flexibility index (Phi) is 4.19. The number of halogens is 1. The van der Waals surface area contributed by atoms with E-state index in [2.05, 4.69) is 4.98 Å². The highest BCUT2D eigenvalue weighted by Gasteiger charge is 2.04. The number of hydrogen-bond donors (Lipinski definition) is 1.